The van der Waals surface area contributed by atoms with Crippen molar-refractivity contribution in [3.63, 3.8) is 0 Å². The number of allylic oxidation sites excluding steroid dienone is 2. The van der Waals surface area contributed by atoms with E-state index in [9.17, 15) is 0 Å². The van der Waals surface area contributed by atoms with E-state index >= 15 is 0 Å². The van der Waals surface area contributed by atoms with Gasteiger partial charge in [-0.3, -0.25) is 0 Å². The highest BCUT2D eigenvalue weighted by molar-refractivity contribution is 5.78. The van der Waals surface area contributed by atoms with Crippen molar-refractivity contribution in [1.29, 1.82) is 0 Å². The van der Waals surface area contributed by atoms with E-state index in [-0.39, 0.29) is 0 Å². The van der Waals surface area contributed by atoms with Crippen molar-refractivity contribution in [3.05, 3.63) is 11.3 Å². The third kappa shape index (κ3) is 2.36. The first kappa shape index (κ1) is 9.30. The molecule has 0 amide bonds. The third-order valence-electron chi connectivity index (χ3n) is 2.33. The van der Waals surface area contributed by atoms with Crippen molar-refractivity contribution in [1.82, 2.24) is 0 Å². The van der Waals surface area contributed by atoms with Crippen LogP contribution in [0.25, 0.3) is 0 Å². The lowest BCUT2D eigenvalue weighted by Gasteiger charge is -2.20. The van der Waals surface area contributed by atoms with Crippen molar-refractivity contribution in [2.45, 2.75) is 40.0 Å². The van der Waals surface area contributed by atoms with Crippen molar-refractivity contribution in [3.8, 4) is 0 Å². The zero-order valence-electron chi connectivity index (χ0n) is 8.22. The normalized spacial score (nSPS) is 26.2. The molecular weight excluding hydrogens is 148 g/mol. The molecule has 0 bridgehead atoms. The molecule has 2 nitrogen and oxygen atoms in total. The Bertz CT molecular complexity index is 222. The maximum Gasteiger partial charge on any atom is 0.0960 e. The van der Waals surface area contributed by atoms with Gasteiger partial charge in [0.05, 0.1) is 5.84 Å². The van der Waals surface area contributed by atoms with E-state index < -0.39 is 0 Å². The highest BCUT2D eigenvalue weighted by Crippen LogP contribution is 2.29. The summed E-state index contributed by atoms with van der Waals surface area (Å²) in [6.45, 7) is 6.30. The minimum absolute atomic E-state index is 0.680. The summed E-state index contributed by atoms with van der Waals surface area (Å²) < 4.78 is 0. The number of hydrogen-bond acceptors (Lipinski definition) is 1. The fourth-order valence-corrected chi connectivity index (χ4v) is 1.70. The molecule has 0 aromatic carbocycles. The Labute approximate surface area is 74.6 Å². The molecule has 0 saturated carbocycles. The van der Waals surface area contributed by atoms with E-state index in [1.807, 2.05) is 6.92 Å². The van der Waals surface area contributed by atoms with Gasteiger partial charge in [-0.1, -0.05) is 12.5 Å². The Balaban J connectivity index is 2.76. The highest BCUT2D eigenvalue weighted by atomic mass is 14.9. The smallest absolute Gasteiger partial charge is 0.0960 e. The van der Waals surface area contributed by atoms with E-state index in [4.69, 9.17) is 5.73 Å². The monoisotopic (exact) mass is 166 g/mol. The van der Waals surface area contributed by atoms with Crippen LogP contribution in [-0.2, 0) is 0 Å². The largest absolute Gasteiger partial charge is 0.387 e. The average Bonchev–Trinajstić information content (AvgIpc) is 1.94. The molecule has 68 valence electrons. The number of nitrogens with zero attached hydrogens (tertiary/aromatic N) is 1. The van der Waals surface area contributed by atoms with Crippen LogP contribution < -0.4 is 5.73 Å². The molecule has 2 heteroatoms. The first-order valence-electron chi connectivity index (χ1n) is 4.59. The molecule has 0 aromatic rings. The molecule has 0 heterocycles. The lowest BCUT2D eigenvalue weighted by molar-refractivity contribution is 0.494. The highest BCUT2D eigenvalue weighted by Gasteiger charge is 2.14. The summed E-state index contributed by atoms with van der Waals surface area (Å²) in [6, 6.07) is 0. The summed E-state index contributed by atoms with van der Waals surface area (Å²) in [4.78, 5) is 4.33. The Morgan fingerprint density at radius 1 is 1.58 bits per heavy atom. The van der Waals surface area contributed by atoms with Crippen molar-refractivity contribution in [2.24, 2.45) is 16.6 Å². The quantitative estimate of drug-likeness (QED) is 0.471. The van der Waals surface area contributed by atoms with E-state index in [1.54, 1.807) is 0 Å². The van der Waals surface area contributed by atoms with E-state index in [0.29, 0.717) is 5.84 Å². The Morgan fingerprint density at radius 2 is 2.25 bits per heavy atom. The van der Waals surface area contributed by atoms with Gasteiger partial charge in [-0.05, 0) is 39.0 Å². The minimum Gasteiger partial charge on any atom is -0.387 e. The number of hydrogen-bond donors (Lipinski definition) is 1. The second-order valence-corrected chi connectivity index (χ2v) is 3.83. The lowest BCUT2D eigenvalue weighted by Crippen LogP contribution is -2.10. The van der Waals surface area contributed by atoms with Crippen LogP contribution in [-0.4, -0.2) is 5.84 Å². The second kappa shape index (κ2) is 3.74. The van der Waals surface area contributed by atoms with E-state index in [0.717, 1.165) is 12.3 Å². The standard InChI is InChI=1S/C10H18N2/c1-7-4-5-10(8(2)6-7)12-9(3)11/h7H,4-6H2,1-3H3,(H2,11,12)/t7-/m0/s1. The van der Waals surface area contributed by atoms with Gasteiger partial charge in [-0.2, -0.15) is 0 Å². The van der Waals surface area contributed by atoms with Crippen LogP contribution >= 0.6 is 0 Å². The zero-order valence-corrected chi connectivity index (χ0v) is 8.22. The van der Waals surface area contributed by atoms with Gasteiger partial charge in [-0.15, -0.1) is 0 Å². The first-order chi connectivity index (χ1) is 5.59. The molecule has 0 aromatic heterocycles. The zero-order chi connectivity index (χ0) is 9.14. The van der Waals surface area contributed by atoms with Gasteiger partial charge < -0.3 is 5.73 Å². The summed E-state index contributed by atoms with van der Waals surface area (Å²) in [7, 11) is 0. The van der Waals surface area contributed by atoms with Crippen LogP contribution in [0.3, 0.4) is 0 Å². The van der Waals surface area contributed by atoms with Gasteiger partial charge in [-0.25, -0.2) is 4.99 Å². The Hall–Kier alpha value is -0.790. The molecule has 1 atom stereocenters. The average molecular weight is 166 g/mol. The molecular formula is C10H18N2. The van der Waals surface area contributed by atoms with Crippen LogP contribution in [0.4, 0.5) is 0 Å². The van der Waals surface area contributed by atoms with Gasteiger partial charge in [0.1, 0.15) is 0 Å². The van der Waals surface area contributed by atoms with Crippen molar-refractivity contribution < 1.29 is 0 Å². The third-order valence-corrected chi connectivity index (χ3v) is 2.33. The SMILES string of the molecule is CC1=C(/N=C(\C)N)CC[C@H](C)C1. The molecule has 0 saturated heterocycles. The Kier molecular flexibility index (Phi) is 2.90. The minimum atomic E-state index is 0.680. The number of rotatable bonds is 1. The van der Waals surface area contributed by atoms with Crippen LogP contribution in [0, 0.1) is 5.92 Å². The molecule has 0 radical (unpaired) electrons. The molecule has 1 aliphatic carbocycles. The fourth-order valence-electron chi connectivity index (χ4n) is 1.70. The summed E-state index contributed by atoms with van der Waals surface area (Å²) in [5.74, 6) is 1.50. The lowest BCUT2D eigenvalue weighted by atomic mass is 9.89. The fraction of sp³-hybridized carbons (Fsp3) is 0.700. The molecule has 1 aliphatic rings. The first-order valence-corrected chi connectivity index (χ1v) is 4.59. The number of aliphatic imine (C=N–C) groups is 1. The molecule has 12 heavy (non-hydrogen) atoms. The second-order valence-electron chi connectivity index (χ2n) is 3.83. The molecule has 0 fully saturated rings. The van der Waals surface area contributed by atoms with Crippen LogP contribution in [0.1, 0.15) is 40.0 Å². The molecule has 1 rings (SSSR count). The molecule has 0 spiro atoms. The summed E-state index contributed by atoms with van der Waals surface area (Å²) in [5.41, 5.74) is 8.17. The number of amidine groups is 1. The van der Waals surface area contributed by atoms with Gasteiger partial charge in [0.2, 0.25) is 0 Å². The summed E-state index contributed by atoms with van der Waals surface area (Å²) in [6.07, 6.45) is 3.54. The Morgan fingerprint density at radius 3 is 2.75 bits per heavy atom. The van der Waals surface area contributed by atoms with Gasteiger partial charge in [0.25, 0.3) is 0 Å². The van der Waals surface area contributed by atoms with Crippen LogP contribution in [0.5, 0.6) is 0 Å². The summed E-state index contributed by atoms with van der Waals surface area (Å²) in [5, 5.41) is 0. The molecule has 0 unspecified atom stereocenters. The van der Waals surface area contributed by atoms with Crippen molar-refractivity contribution >= 4 is 5.84 Å². The maximum absolute atomic E-state index is 5.54. The maximum atomic E-state index is 5.54. The van der Waals surface area contributed by atoms with Gasteiger partial charge in [0.15, 0.2) is 0 Å². The number of nitrogens with two attached hydrogens (primary N) is 1. The topological polar surface area (TPSA) is 38.4 Å². The van der Waals surface area contributed by atoms with Crippen LogP contribution in [0.2, 0.25) is 0 Å². The van der Waals surface area contributed by atoms with E-state index in [1.165, 1.54) is 24.1 Å². The molecule has 2 N–H and O–H groups in total. The predicted molar refractivity (Wildman–Crippen MR) is 53.0 cm³/mol. The summed E-state index contributed by atoms with van der Waals surface area (Å²) >= 11 is 0. The van der Waals surface area contributed by atoms with Gasteiger partial charge >= 0.3 is 0 Å². The predicted octanol–water partition coefficient (Wildman–Crippen LogP) is 2.46. The van der Waals surface area contributed by atoms with Crippen LogP contribution in [0.15, 0.2) is 16.3 Å². The van der Waals surface area contributed by atoms with E-state index in [2.05, 4.69) is 18.8 Å². The van der Waals surface area contributed by atoms with Crippen molar-refractivity contribution in [2.75, 3.05) is 0 Å². The van der Waals surface area contributed by atoms with Gasteiger partial charge in [0, 0.05) is 5.70 Å². The molecule has 0 aliphatic heterocycles.